The monoisotopic (exact) mass is 141 g/mol. The minimum absolute atomic E-state index is 0.506. The van der Waals surface area contributed by atoms with Crippen molar-refractivity contribution in [2.75, 3.05) is 13.6 Å². The van der Waals surface area contributed by atoms with Crippen LogP contribution in [0.5, 0.6) is 0 Å². The van der Waals surface area contributed by atoms with Crippen molar-refractivity contribution in [2.45, 2.75) is 33.7 Å². The van der Waals surface area contributed by atoms with Gasteiger partial charge in [-0.1, -0.05) is 20.8 Å². The van der Waals surface area contributed by atoms with Crippen molar-refractivity contribution < 1.29 is 0 Å². The molecule has 2 unspecified atom stereocenters. The number of nitrogens with zero attached hydrogens (tertiary/aromatic N) is 1. The average molecular weight is 141 g/mol. The van der Waals surface area contributed by atoms with Crippen molar-refractivity contribution in [3.05, 3.63) is 0 Å². The van der Waals surface area contributed by atoms with E-state index in [4.69, 9.17) is 0 Å². The molecule has 10 heavy (non-hydrogen) atoms. The molecule has 0 aromatic carbocycles. The largest absolute Gasteiger partial charge is 0.303 e. The van der Waals surface area contributed by atoms with E-state index >= 15 is 0 Å². The quantitative estimate of drug-likeness (QED) is 0.498. The van der Waals surface area contributed by atoms with Gasteiger partial charge in [0.2, 0.25) is 0 Å². The van der Waals surface area contributed by atoms with Gasteiger partial charge in [-0.25, -0.2) is 0 Å². The first-order valence-electron chi connectivity index (χ1n) is 4.13. The lowest BCUT2D eigenvalue weighted by Crippen LogP contribution is -2.56. The lowest BCUT2D eigenvalue weighted by atomic mass is 9.71. The van der Waals surface area contributed by atoms with Crippen LogP contribution in [0.25, 0.3) is 0 Å². The van der Waals surface area contributed by atoms with E-state index in [2.05, 4.69) is 39.6 Å². The molecule has 60 valence electrons. The van der Waals surface area contributed by atoms with Crippen LogP contribution >= 0.6 is 0 Å². The zero-order valence-electron chi connectivity index (χ0n) is 7.81. The first-order valence-corrected chi connectivity index (χ1v) is 4.13. The highest BCUT2D eigenvalue weighted by atomic mass is 15.2. The maximum atomic E-state index is 2.41. The highest BCUT2D eigenvalue weighted by Gasteiger charge is 2.39. The molecule has 1 saturated heterocycles. The summed E-state index contributed by atoms with van der Waals surface area (Å²) < 4.78 is 0. The smallest absolute Gasteiger partial charge is 0.0109 e. The normalized spacial score (nSPS) is 35.7. The van der Waals surface area contributed by atoms with Crippen LogP contribution in [0.15, 0.2) is 0 Å². The molecule has 0 amide bonds. The molecule has 0 aliphatic carbocycles. The van der Waals surface area contributed by atoms with Crippen molar-refractivity contribution in [3.8, 4) is 0 Å². The van der Waals surface area contributed by atoms with Gasteiger partial charge < -0.3 is 4.90 Å². The SMILES string of the molecule is CC1C(C(C)(C)C)CN1C. The number of hydrogen-bond acceptors (Lipinski definition) is 1. The van der Waals surface area contributed by atoms with Gasteiger partial charge in [-0.05, 0) is 25.3 Å². The Morgan fingerprint density at radius 2 is 1.80 bits per heavy atom. The first kappa shape index (κ1) is 8.06. The third-order valence-corrected chi connectivity index (χ3v) is 2.87. The van der Waals surface area contributed by atoms with Gasteiger partial charge >= 0.3 is 0 Å². The van der Waals surface area contributed by atoms with Crippen LogP contribution in [0.4, 0.5) is 0 Å². The van der Waals surface area contributed by atoms with Crippen LogP contribution in [0.1, 0.15) is 27.7 Å². The minimum atomic E-state index is 0.506. The lowest BCUT2D eigenvalue weighted by Gasteiger charge is -2.50. The van der Waals surface area contributed by atoms with Crippen molar-refractivity contribution in [3.63, 3.8) is 0 Å². The van der Waals surface area contributed by atoms with Gasteiger partial charge in [0.05, 0.1) is 0 Å². The van der Waals surface area contributed by atoms with Gasteiger partial charge in [0.15, 0.2) is 0 Å². The molecule has 0 bridgehead atoms. The van der Waals surface area contributed by atoms with E-state index in [1.54, 1.807) is 0 Å². The Morgan fingerprint density at radius 1 is 1.30 bits per heavy atom. The second-order valence-corrected chi connectivity index (χ2v) is 4.65. The number of likely N-dealkylation sites (tertiary alicyclic amines) is 1. The van der Waals surface area contributed by atoms with E-state index in [0.29, 0.717) is 5.41 Å². The van der Waals surface area contributed by atoms with Crippen molar-refractivity contribution in [1.29, 1.82) is 0 Å². The van der Waals surface area contributed by atoms with E-state index < -0.39 is 0 Å². The predicted molar refractivity (Wildman–Crippen MR) is 45.0 cm³/mol. The molecule has 2 atom stereocenters. The standard InChI is InChI=1S/C9H19N/c1-7-8(6-10(7)5)9(2,3)4/h7-8H,6H2,1-5H3. The molecule has 1 aliphatic rings. The zero-order valence-corrected chi connectivity index (χ0v) is 7.81. The molecule has 0 radical (unpaired) electrons. The van der Waals surface area contributed by atoms with Crippen LogP contribution in [0, 0.1) is 11.3 Å². The fraction of sp³-hybridized carbons (Fsp3) is 1.00. The van der Waals surface area contributed by atoms with Crippen molar-refractivity contribution in [2.24, 2.45) is 11.3 Å². The van der Waals surface area contributed by atoms with Crippen LogP contribution in [0.2, 0.25) is 0 Å². The lowest BCUT2D eigenvalue weighted by molar-refractivity contribution is -0.0161. The summed E-state index contributed by atoms with van der Waals surface area (Å²) in [7, 11) is 2.20. The zero-order chi connectivity index (χ0) is 7.94. The molecule has 0 aromatic heterocycles. The third kappa shape index (κ3) is 1.20. The summed E-state index contributed by atoms with van der Waals surface area (Å²) in [6.07, 6.45) is 0. The second kappa shape index (κ2) is 2.23. The predicted octanol–water partition coefficient (Wildman–Crippen LogP) is 1.98. The van der Waals surface area contributed by atoms with E-state index in [1.165, 1.54) is 6.54 Å². The summed E-state index contributed by atoms with van der Waals surface area (Å²) >= 11 is 0. The Kier molecular flexibility index (Phi) is 1.80. The van der Waals surface area contributed by atoms with Gasteiger partial charge in [-0.2, -0.15) is 0 Å². The fourth-order valence-electron chi connectivity index (χ4n) is 1.80. The van der Waals surface area contributed by atoms with E-state index in [-0.39, 0.29) is 0 Å². The summed E-state index contributed by atoms with van der Waals surface area (Å²) in [5.74, 6) is 0.900. The second-order valence-electron chi connectivity index (χ2n) is 4.65. The summed E-state index contributed by atoms with van der Waals surface area (Å²) in [5.41, 5.74) is 0.506. The summed E-state index contributed by atoms with van der Waals surface area (Å²) in [6, 6.07) is 0.792. The van der Waals surface area contributed by atoms with Crippen molar-refractivity contribution in [1.82, 2.24) is 4.90 Å². The van der Waals surface area contributed by atoms with Gasteiger partial charge in [0.25, 0.3) is 0 Å². The summed E-state index contributed by atoms with van der Waals surface area (Å²) in [5, 5.41) is 0. The molecule has 1 nitrogen and oxygen atoms in total. The molecule has 1 rings (SSSR count). The van der Waals surface area contributed by atoms with E-state index in [9.17, 15) is 0 Å². The average Bonchev–Trinajstić information content (AvgIpc) is 1.79. The summed E-state index contributed by atoms with van der Waals surface area (Å²) in [6.45, 7) is 10.6. The van der Waals surface area contributed by atoms with Gasteiger partial charge in [0.1, 0.15) is 0 Å². The molecule has 0 aromatic rings. The van der Waals surface area contributed by atoms with Crippen LogP contribution in [-0.2, 0) is 0 Å². The highest BCUT2D eigenvalue weighted by Crippen LogP contribution is 2.37. The molecule has 1 heteroatoms. The molecular formula is C9H19N. The van der Waals surface area contributed by atoms with Gasteiger partial charge in [0, 0.05) is 12.6 Å². The molecule has 0 spiro atoms. The highest BCUT2D eigenvalue weighted by molar-refractivity contribution is 4.92. The number of rotatable bonds is 0. The molecular weight excluding hydrogens is 122 g/mol. The fourth-order valence-corrected chi connectivity index (χ4v) is 1.80. The van der Waals surface area contributed by atoms with E-state index in [0.717, 1.165) is 12.0 Å². The molecule has 0 saturated carbocycles. The Labute approximate surface area is 64.4 Å². The van der Waals surface area contributed by atoms with Gasteiger partial charge in [-0.15, -0.1) is 0 Å². The number of hydrogen-bond donors (Lipinski definition) is 0. The van der Waals surface area contributed by atoms with Crippen LogP contribution in [-0.4, -0.2) is 24.5 Å². The molecule has 1 heterocycles. The molecule has 1 fully saturated rings. The Balaban J connectivity index is 2.48. The molecule has 0 N–H and O–H groups in total. The van der Waals surface area contributed by atoms with Crippen LogP contribution in [0.3, 0.4) is 0 Å². The van der Waals surface area contributed by atoms with Gasteiger partial charge in [-0.3, -0.25) is 0 Å². The summed E-state index contributed by atoms with van der Waals surface area (Å²) in [4.78, 5) is 2.41. The maximum absolute atomic E-state index is 2.41. The van der Waals surface area contributed by atoms with E-state index in [1.807, 2.05) is 0 Å². The topological polar surface area (TPSA) is 3.24 Å². The Morgan fingerprint density at radius 3 is 1.90 bits per heavy atom. The maximum Gasteiger partial charge on any atom is 0.0109 e. The Hall–Kier alpha value is -0.0400. The molecule has 1 aliphatic heterocycles. The Bertz CT molecular complexity index is 123. The van der Waals surface area contributed by atoms with Crippen molar-refractivity contribution >= 4 is 0 Å². The van der Waals surface area contributed by atoms with Crippen LogP contribution < -0.4 is 0 Å². The minimum Gasteiger partial charge on any atom is -0.303 e. The first-order chi connectivity index (χ1) is 4.43. The third-order valence-electron chi connectivity index (χ3n) is 2.87.